The van der Waals surface area contributed by atoms with Crippen molar-refractivity contribution in [2.75, 3.05) is 18.5 Å². The number of halogens is 1. The Hall–Kier alpha value is -0.770. The van der Waals surface area contributed by atoms with Gasteiger partial charge in [-0.05, 0) is 24.6 Å². The Bertz CT molecular complexity index is 380. The average molecular weight is 271 g/mol. The Labute approximate surface area is 115 Å². The van der Waals surface area contributed by atoms with Crippen LogP contribution in [-0.4, -0.2) is 30.8 Å². The second-order valence-corrected chi connectivity index (χ2v) is 5.46. The smallest absolute Gasteiger partial charge is 0.0686 e. The molecule has 1 aromatic rings. The molecule has 1 rings (SSSR count). The normalized spacial score (nSPS) is 12.8. The molecule has 0 amide bonds. The van der Waals surface area contributed by atoms with Crippen LogP contribution < -0.4 is 10.2 Å². The summed E-state index contributed by atoms with van der Waals surface area (Å²) in [5, 5.41) is 13.5. The molecule has 0 aliphatic carbocycles. The fourth-order valence-electron chi connectivity index (χ4n) is 1.79. The van der Waals surface area contributed by atoms with E-state index < -0.39 is 0 Å². The van der Waals surface area contributed by atoms with Gasteiger partial charge >= 0.3 is 0 Å². The van der Waals surface area contributed by atoms with Gasteiger partial charge in [0.05, 0.1) is 16.8 Å². The van der Waals surface area contributed by atoms with Gasteiger partial charge in [-0.1, -0.05) is 31.5 Å². The van der Waals surface area contributed by atoms with Crippen molar-refractivity contribution in [1.82, 2.24) is 5.32 Å². The Morgan fingerprint density at radius 3 is 2.50 bits per heavy atom. The molecule has 0 aliphatic rings. The molecule has 0 radical (unpaired) electrons. The van der Waals surface area contributed by atoms with Gasteiger partial charge in [0.1, 0.15) is 0 Å². The standard InChI is InChI=1S/C14H23ClN2O/c1-10(2)16-8-12-5-6-14(13(15)7-12)17(4)9-11(3)18/h5-7,10-11,16,18H,8-9H2,1-4H3. The first-order valence-corrected chi connectivity index (χ1v) is 6.69. The van der Waals surface area contributed by atoms with Crippen LogP contribution in [0.2, 0.25) is 5.02 Å². The van der Waals surface area contributed by atoms with E-state index in [9.17, 15) is 5.11 Å². The van der Waals surface area contributed by atoms with Gasteiger partial charge in [0.25, 0.3) is 0 Å². The minimum Gasteiger partial charge on any atom is -0.392 e. The summed E-state index contributed by atoms with van der Waals surface area (Å²) in [5.74, 6) is 0. The Morgan fingerprint density at radius 2 is 2.00 bits per heavy atom. The number of nitrogens with one attached hydrogen (secondary N) is 1. The van der Waals surface area contributed by atoms with E-state index in [2.05, 4.69) is 25.2 Å². The van der Waals surface area contributed by atoms with Crippen LogP contribution in [0, 0.1) is 0 Å². The molecule has 0 saturated heterocycles. The number of hydrogen-bond acceptors (Lipinski definition) is 3. The monoisotopic (exact) mass is 270 g/mol. The van der Waals surface area contributed by atoms with E-state index in [1.807, 2.05) is 24.1 Å². The lowest BCUT2D eigenvalue weighted by molar-refractivity contribution is 0.201. The van der Waals surface area contributed by atoms with E-state index >= 15 is 0 Å². The topological polar surface area (TPSA) is 35.5 Å². The lowest BCUT2D eigenvalue weighted by Gasteiger charge is -2.22. The first kappa shape index (κ1) is 15.3. The summed E-state index contributed by atoms with van der Waals surface area (Å²) in [4.78, 5) is 1.96. The number of aliphatic hydroxyl groups is 1. The Kier molecular flexibility index (Phi) is 5.93. The van der Waals surface area contributed by atoms with E-state index in [0.717, 1.165) is 17.3 Å². The van der Waals surface area contributed by atoms with E-state index in [1.165, 1.54) is 5.56 Å². The summed E-state index contributed by atoms with van der Waals surface area (Å²) in [6, 6.07) is 6.50. The zero-order valence-electron chi connectivity index (χ0n) is 11.6. The maximum absolute atomic E-state index is 9.38. The number of nitrogens with zero attached hydrogens (tertiary/aromatic N) is 1. The number of likely N-dealkylation sites (N-methyl/N-ethyl adjacent to an activating group) is 1. The lowest BCUT2D eigenvalue weighted by Crippen LogP contribution is -2.27. The maximum Gasteiger partial charge on any atom is 0.0686 e. The third-order valence-electron chi connectivity index (χ3n) is 2.68. The van der Waals surface area contributed by atoms with Crippen LogP contribution in [-0.2, 0) is 6.54 Å². The van der Waals surface area contributed by atoms with Gasteiger partial charge in [0, 0.05) is 26.2 Å². The first-order chi connectivity index (χ1) is 8.40. The third kappa shape index (κ3) is 4.84. The molecule has 0 aromatic heterocycles. The summed E-state index contributed by atoms with van der Waals surface area (Å²) in [7, 11) is 1.93. The van der Waals surface area contributed by atoms with Gasteiger partial charge < -0.3 is 15.3 Å². The van der Waals surface area contributed by atoms with Gasteiger partial charge in [-0.25, -0.2) is 0 Å². The summed E-state index contributed by atoms with van der Waals surface area (Å²) in [6.07, 6.45) is -0.367. The molecular formula is C14H23ClN2O. The molecule has 0 spiro atoms. The van der Waals surface area contributed by atoms with Crippen molar-refractivity contribution in [2.45, 2.75) is 39.5 Å². The maximum atomic E-state index is 9.38. The number of hydrogen-bond donors (Lipinski definition) is 2. The summed E-state index contributed by atoms with van der Waals surface area (Å²) in [5.41, 5.74) is 2.12. The van der Waals surface area contributed by atoms with Crippen molar-refractivity contribution < 1.29 is 5.11 Å². The molecule has 0 aliphatic heterocycles. The van der Waals surface area contributed by atoms with E-state index in [4.69, 9.17) is 11.6 Å². The van der Waals surface area contributed by atoms with Crippen LogP contribution in [0.5, 0.6) is 0 Å². The van der Waals surface area contributed by atoms with Crippen molar-refractivity contribution >= 4 is 17.3 Å². The molecule has 102 valence electrons. The fourth-order valence-corrected chi connectivity index (χ4v) is 2.13. The van der Waals surface area contributed by atoms with Crippen LogP contribution in [0.25, 0.3) is 0 Å². The van der Waals surface area contributed by atoms with Crippen molar-refractivity contribution in [3.05, 3.63) is 28.8 Å². The first-order valence-electron chi connectivity index (χ1n) is 6.31. The Morgan fingerprint density at radius 1 is 1.33 bits per heavy atom. The van der Waals surface area contributed by atoms with Gasteiger partial charge in [0.15, 0.2) is 0 Å². The minimum absolute atomic E-state index is 0.367. The van der Waals surface area contributed by atoms with Crippen molar-refractivity contribution in [2.24, 2.45) is 0 Å². The number of aliphatic hydroxyl groups excluding tert-OH is 1. The largest absolute Gasteiger partial charge is 0.392 e. The zero-order chi connectivity index (χ0) is 13.7. The molecule has 2 N–H and O–H groups in total. The fraction of sp³-hybridized carbons (Fsp3) is 0.571. The summed E-state index contributed by atoms with van der Waals surface area (Å²) < 4.78 is 0. The highest BCUT2D eigenvalue weighted by Crippen LogP contribution is 2.26. The highest BCUT2D eigenvalue weighted by atomic mass is 35.5. The highest BCUT2D eigenvalue weighted by Gasteiger charge is 2.09. The molecule has 18 heavy (non-hydrogen) atoms. The van der Waals surface area contributed by atoms with E-state index in [1.54, 1.807) is 6.92 Å². The van der Waals surface area contributed by atoms with Crippen LogP contribution in [0.4, 0.5) is 5.69 Å². The summed E-state index contributed by atoms with van der Waals surface area (Å²) in [6.45, 7) is 7.39. The van der Waals surface area contributed by atoms with E-state index in [-0.39, 0.29) is 6.10 Å². The van der Waals surface area contributed by atoms with E-state index in [0.29, 0.717) is 12.6 Å². The van der Waals surface area contributed by atoms with Crippen molar-refractivity contribution in [1.29, 1.82) is 0 Å². The van der Waals surface area contributed by atoms with Crippen LogP contribution in [0.15, 0.2) is 18.2 Å². The number of rotatable bonds is 6. The van der Waals surface area contributed by atoms with Gasteiger partial charge in [-0.2, -0.15) is 0 Å². The number of benzene rings is 1. The predicted octanol–water partition coefficient (Wildman–Crippen LogP) is 2.66. The molecule has 1 aromatic carbocycles. The lowest BCUT2D eigenvalue weighted by atomic mass is 10.2. The highest BCUT2D eigenvalue weighted by molar-refractivity contribution is 6.33. The van der Waals surface area contributed by atoms with Crippen LogP contribution >= 0.6 is 11.6 Å². The Balaban J connectivity index is 2.73. The quantitative estimate of drug-likeness (QED) is 0.834. The van der Waals surface area contributed by atoms with Gasteiger partial charge in [-0.15, -0.1) is 0 Å². The second-order valence-electron chi connectivity index (χ2n) is 5.05. The molecule has 1 unspecified atom stereocenters. The molecule has 0 fully saturated rings. The molecule has 0 heterocycles. The second kappa shape index (κ2) is 6.98. The predicted molar refractivity (Wildman–Crippen MR) is 78.4 cm³/mol. The minimum atomic E-state index is -0.367. The molecule has 4 heteroatoms. The third-order valence-corrected chi connectivity index (χ3v) is 2.98. The van der Waals surface area contributed by atoms with Gasteiger partial charge in [-0.3, -0.25) is 0 Å². The molecule has 3 nitrogen and oxygen atoms in total. The number of anilines is 1. The SMILES string of the molecule is CC(O)CN(C)c1ccc(CNC(C)C)cc1Cl. The van der Waals surface area contributed by atoms with Crippen molar-refractivity contribution in [3.8, 4) is 0 Å². The molecule has 1 atom stereocenters. The molecule has 0 bridgehead atoms. The summed E-state index contributed by atoms with van der Waals surface area (Å²) >= 11 is 6.27. The van der Waals surface area contributed by atoms with Crippen molar-refractivity contribution in [3.63, 3.8) is 0 Å². The van der Waals surface area contributed by atoms with Gasteiger partial charge in [0.2, 0.25) is 0 Å². The average Bonchev–Trinajstić information content (AvgIpc) is 2.25. The molecular weight excluding hydrogens is 248 g/mol. The molecule has 0 saturated carbocycles. The zero-order valence-corrected chi connectivity index (χ0v) is 12.3. The van der Waals surface area contributed by atoms with Crippen LogP contribution in [0.3, 0.4) is 0 Å². The van der Waals surface area contributed by atoms with Crippen LogP contribution in [0.1, 0.15) is 26.3 Å².